The number of carbonyl (C=O) groups is 1. The van der Waals surface area contributed by atoms with Gasteiger partial charge in [-0.15, -0.1) is 0 Å². The lowest BCUT2D eigenvalue weighted by atomic mass is 10.3. The maximum atomic E-state index is 12.5. The molecule has 6 nitrogen and oxygen atoms in total. The molecule has 0 aliphatic heterocycles. The summed E-state index contributed by atoms with van der Waals surface area (Å²) in [5.74, 6) is 0.0401. The Morgan fingerprint density at radius 2 is 1.35 bits per heavy atom. The van der Waals surface area contributed by atoms with Gasteiger partial charge < -0.3 is 15.7 Å². The Hall–Kier alpha value is -3.32. The first-order valence-electron chi connectivity index (χ1n) is 7.72. The summed E-state index contributed by atoms with van der Waals surface area (Å²) in [6, 6.07) is 19.7. The summed E-state index contributed by atoms with van der Waals surface area (Å²) in [7, 11) is -3.59. The quantitative estimate of drug-likeness (QED) is 0.651. The molecule has 3 rings (SSSR count). The fourth-order valence-corrected chi connectivity index (χ4v) is 3.61. The minimum Gasteiger partial charge on any atom is -0.508 e. The van der Waals surface area contributed by atoms with E-state index in [1.54, 1.807) is 30.3 Å². The number of phenols is 1. The number of urea groups is 1. The number of amides is 2. The van der Waals surface area contributed by atoms with Crippen LogP contribution in [-0.4, -0.2) is 19.6 Å². The lowest BCUT2D eigenvalue weighted by Gasteiger charge is -2.09. The molecule has 2 amide bonds. The third-order valence-electron chi connectivity index (χ3n) is 3.58. The van der Waals surface area contributed by atoms with E-state index in [-0.39, 0.29) is 15.5 Å². The maximum Gasteiger partial charge on any atom is 0.323 e. The van der Waals surface area contributed by atoms with Crippen LogP contribution in [0.1, 0.15) is 0 Å². The maximum absolute atomic E-state index is 12.5. The van der Waals surface area contributed by atoms with Crippen LogP contribution in [0.15, 0.2) is 88.7 Å². The number of anilines is 2. The number of hydrogen-bond acceptors (Lipinski definition) is 4. The van der Waals surface area contributed by atoms with E-state index in [0.717, 1.165) is 0 Å². The molecule has 0 aromatic heterocycles. The molecule has 0 spiro atoms. The summed E-state index contributed by atoms with van der Waals surface area (Å²) in [5, 5.41) is 14.6. The van der Waals surface area contributed by atoms with Crippen molar-refractivity contribution in [3.05, 3.63) is 78.9 Å². The summed E-state index contributed by atoms with van der Waals surface area (Å²) in [4.78, 5) is 12.3. The van der Waals surface area contributed by atoms with Crippen LogP contribution < -0.4 is 10.6 Å². The number of rotatable bonds is 4. The average Bonchev–Trinajstić information content (AvgIpc) is 2.63. The van der Waals surface area contributed by atoms with Gasteiger partial charge in [-0.2, -0.15) is 0 Å². The summed E-state index contributed by atoms with van der Waals surface area (Å²) in [6.45, 7) is 0. The number of phenolic OH excluding ortho intramolecular Hbond substituents is 1. The van der Waals surface area contributed by atoms with Gasteiger partial charge in [0.1, 0.15) is 5.75 Å². The van der Waals surface area contributed by atoms with Crippen LogP contribution in [0.25, 0.3) is 0 Å². The molecule has 0 heterocycles. The van der Waals surface area contributed by atoms with Gasteiger partial charge >= 0.3 is 6.03 Å². The minimum absolute atomic E-state index is 0.0401. The zero-order chi connectivity index (χ0) is 18.6. The summed E-state index contributed by atoms with van der Waals surface area (Å²) in [6.07, 6.45) is 0. The largest absolute Gasteiger partial charge is 0.508 e. The Labute approximate surface area is 151 Å². The van der Waals surface area contributed by atoms with Crippen molar-refractivity contribution in [3.63, 3.8) is 0 Å². The van der Waals surface area contributed by atoms with Crippen LogP contribution in [0.3, 0.4) is 0 Å². The summed E-state index contributed by atoms with van der Waals surface area (Å²) >= 11 is 0. The Bertz CT molecular complexity index is 1020. The van der Waals surface area contributed by atoms with E-state index < -0.39 is 15.9 Å². The van der Waals surface area contributed by atoms with E-state index in [0.29, 0.717) is 11.4 Å². The van der Waals surface area contributed by atoms with Gasteiger partial charge in [0.15, 0.2) is 0 Å². The van der Waals surface area contributed by atoms with Gasteiger partial charge in [0.2, 0.25) is 9.84 Å². The second-order valence-electron chi connectivity index (χ2n) is 5.47. The molecule has 0 saturated heterocycles. The summed E-state index contributed by atoms with van der Waals surface area (Å²) < 4.78 is 25.0. The molecule has 0 aliphatic rings. The highest BCUT2D eigenvalue weighted by molar-refractivity contribution is 7.91. The third-order valence-corrected chi connectivity index (χ3v) is 5.37. The van der Waals surface area contributed by atoms with Crippen LogP contribution in [0.5, 0.6) is 5.75 Å². The molecule has 0 bridgehead atoms. The first-order valence-corrected chi connectivity index (χ1v) is 9.21. The molecule has 0 atom stereocenters. The van der Waals surface area contributed by atoms with E-state index in [9.17, 15) is 18.3 Å². The minimum atomic E-state index is -3.59. The average molecular weight is 368 g/mol. The number of benzene rings is 3. The Balaban J connectivity index is 1.71. The third kappa shape index (κ3) is 4.01. The molecule has 0 saturated carbocycles. The van der Waals surface area contributed by atoms with Crippen LogP contribution >= 0.6 is 0 Å². The van der Waals surface area contributed by atoms with E-state index >= 15 is 0 Å². The first kappa shape index (κ1) is 17.5. The van der Waals surface area contributed by atoms with Crippen molar-refractivity contribution in [2.45, 2.75) is 9.79 Å². The van der Waals surface area contributed by atoms with Gasteiger partial charge in [0, 0.05) is 17.4 Å². The molecule has 7 heteroatoms. The molecule has 0 unspecified atom stereocenters. The fourth-order valence-electron chi connectivity index (χ4n) is 2.33. The van der Waals surface area contributed by atoms with Crippen LogP contribution in [0.4, 0.5) is 16.2 Å². The predicted molar refractivity (Wildman–Crippen MR) is 99.1 cm³/mol. The Morgan fingerprint density at radius 3 is 2.00 bits per heavy atom. The molecule has 0 fully saturated rings. The molecular formula is C19H16N2O4S. The van der Waals surface area contributed by atoms with Gasteiger partial charge in [-0.25, -0.2) is 13.2 Å². The van der Waals surface area contributed by atoms with Gasteiger partial charge in [-0.3, -0.25) is 0 Å². The molecule has 0 aliphatic carbocycles. The molecule has 132 valence electrons. The van der Waals surface area contributed by atoms with E-state index in [2.05, 4.69) is 10.6 Å². The van der Waals surface area contributed by atoms with Crippen LogP contribution in [-0.2, 0) is 9.84 Å². The number of aromatic hydroxyl groups is 1. The van der Waals surface area contributed by atoms with Crippen molar-refractivity contribution in [1.29, 1.82) is 0 Å². The number of nitrogens with one attached hydrogen (secondary N) is 2. The van der Waals surface area contributed by atoms with Crippen molar-refractivity contribution in [2.24, 2.45) is 0 Å². The lowest BCUT2D eigenvalue weighted by molar-refractivity contribution is 0.262. The van der Waals surface area contributed by atoms with Crippen molar-refractivity contribution < 1.29 is 18.3 Å². The SMILES string of the molecule is O=C(Nc1ccc(S(=O)(=O)c2ccccc2)cc1)Nc1cccc(O)c1. The van der Waals surface area contributed by atoms with Gasteiger partial charge in [0.05, 0.1) is 9.79 Å². The molecule has 26 heavy (non-hydrogen) atoms. The topological polar surface area (TPSA) is 95.5 Å². The molecular weight excluding hydrogens is 352 g/mol. The Morgan fingerprint density at radius 1 is 0.731 bits per heavy atom. The first-order chi connectivity index (χ1) is 12.4. The van der Waals surface area contributed by atoms with Crippen molar-refractivity contribution in [2.75, 3.05) is 10.6 Å². The predicted octanol–water partition coefficient (Wildman–Crippen LogP) is 3.87. The second-order valence-corrected chi connectivity index (χ2v) is 7.42. The monoisotopic (exact) mass is 368 g/mol. The highest BCUT2D eigenvalue weighted by Crippen LogP contribution is 2.22. The molecule has 3 aromatic carbocycles. The number of hydrogen-bond donors (Lipinski definition) is 3. The van der Waals surface area contributed by atoms with Crippen molar-refractivity contribution in [1.82, 2.24) is 0 Å². The van der Waals surface area contributed by atoms with E-state index in [1.807, 2.05) is 0 Å². The zero-order valence-electron chi connectivity index (χ0n) is 13.6. The molecule has 0 radical (unpaired) electrons. The van der Waals surface area contributed by atoms with Crippen LogP contribution in [0.2, 0.25) is 0 Å². The summed E-state index contributed by atoms with van der Waals surface area (Å²) in [5.41, 5.74) is 0.875. The highest BCUT2D eigenvalue weighted by Gasteiger charge is 2.17. The highest BCUT2D eigenvalue weighted by atomic mass is 32.2. The lowest BCUT2D eigenvalue weighted by Crippen LogP contribution is -2.19. The Kier molecular flexibility index (Phi) is 4.90. The van der Waals surface area contributed by atoms with Gasteiger partial charge in [-0.1, -0.05) is 24.3 Å². The van der Waals surface area contributed by atoms with E-state index in [4.69, 9.17) is 0 Å². The zero-order valence-corrected chi connectivity index (χ0v) is 14.4. The fraction of sp³-hybridized carbons (Fsp3) is 0. The van der Waals surface area contributed by atoms with Crippen LogP contribution in [0, 0.1) is 0 Å². The standard InChI is InChI=1S/C19H16N2O4S/c22-16-6-4-5-15(13-16)21-19(23)20-14-9-11-18(12-10-14)26(24,25)17-7-2-1-3-8-17/h1-13,22H,(H2,20,21,23). The number of sulfone groups is 1. The normalized spacial score (nSPS) is 10.9. The molecule has 3 aromatic rings. The van der Waals surface area contributed by atoms with Crippen molar-refractivity contribution >= 4 is 27.2 Å². The van der Waals surface area contributed by atoms with Gasteiger partial charge in [0.25, 0.3) is 0 Å². The smallest absolute Gasteiger partial charge is 0.323 e. The van der Waals surface area contributed by atoms with Gasteiger partial charge in [-0.05, 0) is 48.5 Å². The van der Waals surface area contributed by atoms with Crippen molar-refractivity contribution in [3.8, 4) is 5.75 Å². The molecule has 3 N–H and O–H groups in total. The second kappa shape index (κ2) is 7.28. The number of carbonyl (C=O) groups excluding carboxylic acids is 1. The van der Waals surface area contributed by atoms with E-state index in [1.165, 1.54) is 48.5 Å².